The maximum absolute atomic E-state index is 6.25. The number of benzene rings is 1. The Bertz CT molecular complexity index is 572. The van der Waals surface area contributed by atoms with Gasteiger partial charge in [-0.25, -0.2) is 0 Å². The van der Waals surface area contributed by atoms with Gasteiger partial charge in [0.2, 0.25) is 0 Å². The molecule has 0 saturated heterocycles. The van der Waals surface area contributed by atoms with Crippen molar-refractivity contribution in [2.45, 2.75) is 39.8 Å². The summed E-state index contributed by atoms with van der Waals surface area (Å²) in [4.78, 5) is 0. The summed E-state index contributed by atoms with van der Waals surface area (Å²) >= 11 is 7.82. The molecule has 0 bridgehead atoms. The number of hydrogen-bond acceptors (Lipinski definition) is 4. The summed E-state index contributed by atoms with van der Waals surface area (Å²) in [6.45, 7) is 9.14. The van der Waals surface area contributed by atoms with Gasteiger partial charge in [-0.15, -0.1) is 10.2 Å². The summed E-state index contributed by atoms with van der Waals surface area (Å²) in [5.74, 6) is 0. The van der Waals surface area contributed by atoms with E-state index in [1.54, 1.807) is 11.3 Å². The minimum Gasteiger partial charge on any atom is -0.306 e. The third-order valence-electron chi connectivity index (χ3n) is 2.59. The van der Waals surface area contributed by atoms with Crippen LogP contribution in [0.15, 0.2) is 18.2 Å². The lowest BCUT2D eigenvalue weighted by Crippen LogP contribution is -2.35. The highest BCUT2D eigenvalue weighted by atomic mass is 35.5. The van der Waals surface area contributed by atoms with Crippen molar-refractivity contribution in [3.05, 3.63) is 33.8 Å². The van der Waals surface area contributed by atoms with E-state index in [1.165, 1.54) is 0 Å². The zero-order chi connectivity index (χ0) is 14.0. The minimum absolute atomic E-state index is 0.0767. The Morgan fingerprint density at radius 1 is 1.26 bits per heavy atom. The molecule has 0 spiro atoms. The first-order valence-corrected chi connectivity index (χ1v) is 7.38. The van der Waals surface area contributed by atoms with Crippen molar-refractivity contribution < 1.29 is 0 Å². The van der Waals surface area contributed by atoms with Crippen LogP contribution in [-0.4, -0.2) is 15.7 Å². The molecular formula is C14H18ClN3S. The molecule has 1 aromatic heterocycles. The SMILES string of the molecule is Cc1ccc(-c2nnc(CNC(C)(C)C)s2)c(Cl)c1. The smallest absolute Gasteiger partial charge is 0.149 e. The van der Waals surface area contributed by atoms with Gasteiger partial charge in [-0.3, -0.25) is 0 Å². The summed E-state index contributed by atoms with van der Waals surface area (Å²) in [6, 6.07) is 5.99. The fourth-order valence-corrected chi connectivity index (χ4v) is 2.77. The molecule has 0 amide bonds. The van der Waals surface area contributed by atoms with Crippen LogP contribution in [0.2, 0.25) is 5.02 Å². The summed E-state index contributed by atoms with van der Waals surface area (Å²) in [7, 11) is 0. The van der Waals surface area contributed by atoms with E-state index in [4.69, 9.17) is 11.6 Å². The molecule has 1 heterocycles. The van der Waals surface area contributed by atoms with Gasteiger partial charge in [0.1, 0.15) is 10.0 Å². The summed E-state index contributed by atoms with van der Waals surface area (Å²) in [6.07, 6.45) is 0. The summed E-state index contributed by atoms with van der Waals surface area (Å²) in [5, 5.41) is 14.4. The third-order valence-corrected chi connectivity index (χ3v) is 3.86. The van der Waals surface area contributed by atoms with Crippen LogP contribution in [-0.2, 0) is 6.54 Å². The van der Waals surface area contributed by atoms with Crippen LogP contribution in [0, 0.1) is 6.92 Å². The van der Waals surface area contributed by atoms with Gasteiger partial charge in [0, 0.05) is 11.1 Å². The average Bonchev–Trinajstić information content (AvgIpc) is 2.74. The van der Waals surface area contributed by atoms with Gasteiger partial charge in [-0.05, 0) is 39.3 Å². The van der Waals surface area contributed by atoms with Gasteiger partial charge >= 0.3 is 0 Å². The first-order valence-electron chi connectivity index (χ1n) is 6.19. The number of halogens is 1. The normalized spacial score (nSPS) is 11.8. The van der Waals surface area contributed by atoms with E-state index >= 15 is 0 Å². The van der Waals surface area contributed by atoms with Crippen molar-refractivity contribution >= 4 is 22.9 Å². The monoisotopic (exact) mass is 295 g/mol. The molecule has 0 saturated carbocycles. The molecule has 0 aliphatic carbocycles. The highest BCUT2D eigenvalue weighted by molar-refractivity contribution is 7.14. The number of rotatable bonds is 3. The molecule has 0 fully saturated rings. The molecule has 0 aliphatic heterocycles. The van der Waals surface area contributed by atoms with E-state index in [1.807, 2.05) is 25.1 Å². The largest absolute Gasteiger partial charge is 0.306 e. The molecule has 19 heavy (non-hydrogen) atoms. The van der Waals surface area contributed by atoms with Gasteiger partial charge < -0.3 is 5.32 Å². The van der Waals surface area contributed by atoms with E-state index in [0.29, 0.717) is 0 Å². The van der Waals surface area contributed by atoms with Crippen LogP contribution in [0.1, 0.15) is 31.3 Å². The van der Waals surface area contributed by atoms with Crippen LogP contribution in [0.3, 0.4) is 0 Å². The lowest BCUT2D eigenvalue weighted by Gasteiger charge is -2.19. The molecule has 1 N–H and O–H groups in total. The van der Waals surface area contributed by atoms with Crippen molar-refractivity contribution in [1.29, 1.82) is 0 Å². The number of nitrogens with one attached hydrogen (secondary N) is 1. The zero-order valence-corrected chi connectivity index (χ0v) is 13.2. The van der Waals surface area contributed by atoms with Crippen LogP contribution in [0.5, 0.6) is 0 Å². The fourth-order valence-electron chi connectivity index (χ4n) is 1.57. The van der Waals surface area contributed by atoms with Gasteiger partial charge in [-0.1, -0.05) is 35.1 Å². The molecular weight excluding hydrogens is 278 g/mol. The number of aromatic nitrogens is 2. The quantitative estimate of drug-likeness (QED) is 0.928. The molecule has 0 aliphatic rings. The van der Waals surface area contributed by atoms with Crippen molar-refractivity contribution in [1.82, 2.24) is 15.5 Å². The Labute approximate surface area is 123 Å². The van der Waals surface area contributed by atoms with Crippen LogP contribution >= 0.6 is 22.9 Å². The molecule has 2 rings (SSSR count). The van der Waals surface area contributed by atoms with Gasteiger partial charge in [0.05, 0.1) is 11.6 Å². The molecule has 5 heteroatoms. The molecule has 0 radical (unpaired) electrons. The molecule has 0 unspecified atom stereocenters. The van der Waals surface area contributed by atoms with Crippen molar-refractivity contribution in [2.75, 3.05) is 0 Å². The second kappa shape index (κ2) is 5.57. The van der Waals surface area contributed by atoms with E-state index in [2.05, 4.69) is 36.3 Å². The standard InChI is InChI=1S/C14H18ClN3S/c1-9-5-6-10(11(15)7-9)13-18-17-12(19-13)8-16-14(2,3)4/h5-7,16H,8H2,1-4H3. The van der Waals surface area contributed by atoms with Crippen molar-refractivity contribution in [3.63, 3.8) is 0 Å². The molecule has 2 aromatic rings. The zero-order valence-electron chi connectivity index (χ0n) is 11.6. The first-order chi connectivity index (χ1) is 8.85. The van der Waals surface area contributed by atoms with Gasteiger partial charge in [0.25, 0.3) is 0 Å². The lowest BCUT2D eigenvalue weighted by molar-refractivity contribution is 0.423. The highest BCUT2D eigenvalue weighted by Crippen LogP contribution is 2.30. The van der Waals surface area contributed by atoms with Gasteiger partial charge in [-0.2, -0.15) is 0 Å². The summed E-state index contributed by atoms with van der Waals surface area (Å²) < 4.78 is 0. The predicted molar refractivity (Wildman–Crippen MR) is 81.7 cm³/mol. The fraction of sp³-hybridized carbons (Fsp3) is 0.429. The van der Waals surface area contributed by atoms with Crippen molar-refractivity contribution in [3.8, 4) is 10.6 Å². The molecule has 102 valence electrons. The van der Waals surface area contributed by atoms with Crippen LogP contribution < -0.4 is 5.32 Å². The Hall–Kier alpha value is -0.970. The molecule has 0 atom stereocenters. The lowest BCUT2D eigenvalue weighted by atomic mass is 10.1. The highest BCUT2D eigenvalue weighted by Gasteiger charge is 2.13. The Morgan fingerprint density at radius 2 is 2.00 bits per heavy atom. The maximum atomic E-state index is 6.25. The van der Waals surface area contributed by atoms with E-state index in [-0.39, 0.29) is 5.54 Å². The van der Waals surface area contributed by atoms with Crippen LogP contribution in [0.4, 0.5) is 0 Å². The van der Waals surface area contributed by atoms with Crippen LogP contribution in [0.25, 0.3) is 10.6 Å². The maximum Gasteiger partial charge on any atom is 0.149 e. The minimum atomic E-state index is 0.0767. The average molecular weight is 296 g/mol. The van der Waals surface area contributed by atoms with Crippen molar-refractivity contribution in [2.24, 2.45) is 0 Å². The third kappa shape index (κ3) is 4.00. The topological polar surface area (TPSA) is 37.8 Å². The predicted octanol–water partition coefficient (Wildman–Crippen LogP) is 4.06. The van der Waals surface area contributed by atoms with E-state index in [0.717, 1.165) is 32.7 Å². The number of nitrogens with zero attached hydrogens (tertiary/aromatic N) is 2. The number of hydrogen-bond donors (Lipinski definition) is 1. The Balaban J connectivity index is 2.16. The first kappa shape index (κ1) is 14.4. The second-order valence-electron chi connectivity index (χ2n) is 5.59. The molecule has 1 aromatic carbocycles. The second-order valence-corrected chi connectivity index (χ2v) is 7.06. The van der Waals surface area contributed by atoms with Gasteiger partial charge in [0.15, 0.2) is 0 Å². The number of aryl methyl sites for hydroxylation is 1. The molecule has 3 nitrogen and oxygen atoms in total. The summed E-state index contributed by atoms with van der Waals surface area (Å²) in [5.41, 5.74) is 2.17. The van der Waals surface area contributed by atoms with E-state index in [9.17, 15) is 0 Å². The Kier molecular flexibility index (Phi) is 4.23. The van der Waals surface area contributed by atoms with E-state index < -0.39 is 0 Å². The Morgan fingerprint density at radius 3 is 2.63 bits per heavy atom.